The van der Waals surface area contributed by atoms with Gasteiger partial charge in [-0.25, -0.2) is 4.98 Å². The molecule has 2 rings (SSSR count). The topological polar surface area (TPSA) is 42.2 Å². The van der Waals surface area contributed by atoms with Gasteiger partial charge >= 0.3 is 0 Å². The zero-order valence-electron chi connectivity index (χ0n) is 12.7. The second-order valence-electron chi connectivity index (χ2n) is 5.21. The number of rotatable bonds is 5. The minimum Gasteiger partial charge on any atom is -0.326 e. The average molecular weight is 289 g/mol. The number of aromatic nitrogens is 1. The lowest BCUT2D eigenvalue weighted by atomic mass is 10.0. The number of thiazole rings is 1. The van der Waals surface area contributed by atoms with Crippen LogP contribution in [0.25, 0.3) is 0 Å². The van der Waals surface area contributed by atoms with Crippen molar-refractivity contribution in [2.24, 2.45) is 5.73 Å². The fourth-order valence-electron chi connectivity index (χ4n) is 2.10. The third-order valence-corrected chi connectivity index (χ3v) is 4.86. The molecule has 0 bridgehead atoms. The summed E-state index contributed by atoms with van der Waals surface area (Å²) in [4.78, 5) is 8.15. The zero-order valence-corrected chi connectivity index (χ0v) is 13.5. The minimum absolute atomic E-state index is 0.463. The molecule has 1 aromatic heterocycles. The van der Waals surface area contributed by atoms with Crippen LogP contribution in [-0.2, 0) is 6.54 Å². The number of benzene rings is 1. The van der Waals surface area contributed by atoms with Crippen molar-refractivity contribution in [1.82, 2.24) is 4.98 Å². The van der Waals surface area contributed by atoms with E-state index in [1.807, 2.05) is 0 Å². The first-order valence-corrected chi connectivity index (χ1v) is 7.88. The molecule has 0 radical (unpaired) electrons. The Hall–Kier alpha value is -1.39. The highest BCUT2D eigenvalue weighted by Gasteiger charge is 2.17. The van der Waals surface area contributed by atoms with E-state index in [1.165, 1.54) is 10.4 Å². The van der Waals surface area contributed by atoms with E-state index >= 15 is 0 Å². The summed E-state index contributed by atoms with van der Waals surface area (Å²) in [7, 11) is 2.06. The molecule has 2 N–H and O–H groups in total. The number of hydrogen-bond acceptors (Lipinski definition) is 4. The molecule has 108 valence electrons. The lowest BCUT2D eigenvalue weighted by Crippen LogP contribution is -2.09. The van der Waals surface area contributed by atoms with Gasteiger partial charge in [-0.1, -0.05) is 42.9 Å². The molecule has 0 saturated carbocycles. The Bertz CT molecular complexity index is 560. The normalized spacial score (nSPS) is 12.4. The van der Waals surface area contributed by atoms with Gasteiger partial charge in [0.2, 0.25) is 0 Å². The van der Waals surface area contributed by atoms with Crippen LogP contribution in [0.5, 0.6) is 0 Å². The second-order valence-corrected chi connectivity index (χ2v) is 6.27. The van der Waals surface area contributed by atoms with Crippen LogP contribution in [0, 0.1) is 6.92 Å². The maximum absolute atomic E-state index is 5.87. The first-order chi connectivity index (χ1) is 9.56. The van der Waals surface area contributed by atoms with Gasteiger partial charge in [0.15, 0.2) is 5.13 Å². The van der Waals surface area contributed by atoms with Gasteiger partial charge < -0.3 is 10.6 Å². The highest BCUT2D eigenvalue weighted by molar-refractivity contribution is 7.15. The summed E-state index contributed by atoms with van der Waals surface area (Å²) < 4.78 is 0. The largest absolute Gasteiger partial charge is 0.326 e. The smallest absolute Gasteiger partial charge is 0.190 e. The molecule has 1 atom stereocenters. The Labute approximate surface area is 125 Å². The monoisotopic (exact) mass is 289 g/mol. The maximum Gasteiger partial charge on any atom is 0.190 e. The summed E-state index contributed by atoms with van der Waals surface area (Å²) in [6.45, 7) is 7.07. The standard InChI is InChI=1S/C16H23N3S/c1-5-12(3)15-14(10-17)20-16(18-15)19(4)13-8-6-11(2)7-9-13/h6-9,12H,5,10,17H2,1-4H3. The van der Waals surface area contributed by atoms with Gasteiger partial charge in [-0.15, -0.1) is 0 Å². The molecule has 0 saturated heterocycles. The van der Waals surface area contributed by atoms with Crippen LogP contribution in [0.2, 0.25) is 0 Å². The van der Waals surface area contributed by atoms with Crippen molar-refractivity contribution >= 4 is 22.2 Å². The third-order valence-electron chi connectivity index (χ3n) is 3.69. The Morgan fingerprint density at radius 2 is 1.95 bits per heavy atom. The maximum atomic E-state index is 5.87. The number of hydrogen-bond donors (Lipinski definition) is 1. The third kappa shape index (κ3) is 3.02. The van der Waals surface area contributed by atoms with Crippen LogP contribution in [0.4, 0.5) is 10.8 Å². The van der Waals surface area contributed by atoms with Gasteiger partial charge in [-0.2, -0.15) is 0 Å². The van der Waals surface area contributed by atoms with E-state index in [9.17, 15) is 0 Å². The van der Waals surface area contributed by atoms with Crippen molar-refractivity contribution in [3.8, 4) is 0 Å². The number of aryl methyl sites for hydroxylation is 1. The fourth-order valence-corrected chi connectivity index (χ4v) is 3.14. The zero-order chi connectivity index (χ0) is 14.7. The number of nitrogens with two attached hydrogens (primary N) is 1. The molecule has 2 aromatic rings. The number of anilines is 2. The first kappa shape index (κ1) is 15.0. The van der Waals surface area contributed by atoms with E-state index in [0.29, 0.717) is 12.5 Å². The quantitative estimate of drug-likeness (QED) is 0.897. The Morgan fingerprint density at radius 1 is 1.30 bits per heavy atom. The van der Waals surface area contributed by atoms with Gasteiger partial charge in [0.05, 0.1) is 5.69 Å². The molecule has 0 amide bonds. The van der Waals surface area contributed by atoms with Gasteiger partial charge in [0.1, 0.15) is 0 Å². The van der Waals surface area contributed by atoms with E-state index in [-0.39, 0.29) is 0 Å². The predicted molar refractivity (Wildman–Crippen MR) is 88.0 cm³/mol. The molecule has 0 spiro atoms. The highest BCUT2D eigenvalue weighted by Crippen LogP contribution is 2.34. The SMILES string of the molecule is CCC(C)c1nc(N(C)c2ccc(C)cc2)sc1CN. The highest BCUT2D eigenvalue weighted by atomic mass is 32.1. The minimum atomic E-state index is 0.463. The van der Waals surface area contributed by atoms with E-state index in [1.54, 1.807) is 11.3 Å². The summed E-state index contributed by atoms with van der Waals surface area (Å²) in [6, 6.07) is 8.50. The van der Waals surface area contributed by atoms with Crippen molar-refractivity contribution in [2.75, 3.05) is 11.9 Å². The molecule has 0 fully saturated rings. The lowest BCUT2D eigenvalue weighted by molar-refractivity contribution is 0.703. The van der Waals surface area contributed by atoms with E-state index in [4.69, 9.17) is 10.7 Å². The van der Waals surface area contributed by atoms with Crippen LogP contribution >= 0.6 is 11.3 Å². The Morgan fingerprint density at radius 3 is 2.50 bits per heavy atom. The number of nitrogens with zero attached hydrogens (tertiary/aromatic N) is 2. The van der Waals surface area contributed by atoms with Crippen molar-refractivity contribution in [3.63, 3.8) is 0 Å². The molecular weight excluding hydrogens is 266 g/mol. The van der Waals surface area contributed by atoms with E-state index in [2.05, 4.69) is 57.0 Å². The van der Waals surface area contributed by atoms with E-state index < -0.39 is 0 Å². The van der Waals surface area contributed by atoms with Crippen molar-refractivity contribution < 1.29 is 0 Å². The molecule has 20 heavy (non-hydrogen) atoms. The molecule has 1 heterocycles. The van der Waals surface area contributed by atoms with Gasteiger partial charge in [-0.3, -0.25) is 0 Å². The molecule has 1 aromatic carbocycles. The fraction of sp³-hybridized carbons (Fsp3) is 0.438. The second kappa shape index (κ2) is 6.37. The predicted octanol–water partition coefficient (Wildman–Crippen LogP) is 4.19. The molecule has 4 heteroatoms. The summed E-state index contributed by atoms with van der Waals surface area (Å²) in [5.41, 5.74) is 9.45. The average Bonchev–Trinajstić information content (AvgIpc) is 2.90. The first-order valence-electron chi connectivity index (χ1n) is 7.06. The van der Waals surface area contributed by atoms with Gasteiger partial charge in [0, 0.05) is 24.2 Å². The van der Waals surface area contributed by atoms with Crippen LogP contribution < -0.4 is 10.6 Å². The summed E-state index contributed by atoms with van der Waals surface area (Å²) in [6.07, 6.45) is 1.09. The van der Waals surface area contributed by atoms with Crippen molar-refractivity contribution in [1.29, 1.82) is 0 Å². The van der Waals surface area contributed by atoms with E-state index in [0.717, 1.165) is 22.9 Å². The summed E-state index contributed by atoms with van der Waals surface area (Å²) >= 11 is 1.70. The summed E-state index contributed by atoms with van der Waals surface area (Å²) in [5, 5.41) is 1.02. The molecule has 0 aliphatic carbocycles. The van der Waals surface area contributed by atoms with Crippen LogP contribution in [0.1, 0.15) is 42.3 Å². The van der Waals surface area contributed by atoms with Gasteiger partial charge in [0.25, 0.3) is 0 Å². The molecule has 3 nitrogen and oxygen atoms in total. The molecule has 0 aliphatic rings. The van der Waals surface area contributed by atoms with Gasteiger partial charge in [-0.05, 0) is 31.4 Å². The van der Waals surface area contributed by atoms with Crippen LogP contribution in [-0.4, -0.2) is 12.0 Å². The van der Waals surface area contributed by atoms with Crippen LogP contribution in [0.3, 0.4) is 0 Å². The molecule has 1 unspecified atom stereocenters. The van der Waals surface area contributed by atoms with Crippen molar-refractivity contribution in [3.05, 3.63) is 40.4 Å². The lowest BCUT2D eigenvalue weighted by Gasteiger charge is -2.16. The van der Waals surface area contributed by atoms with Crippen molar-refractivity contribution in [2.45, 2.75) is 39.7 Å². The van der Waals surface area contributed by atoms with Crippen LogP contribution in [0.15, 0.2) is 24.3 Å². The molecule has 0 aliphatic heterocycles. The Kier molecular flexibility index (Phi) is 4.78. The molecular formula is C16H23N3S. The Balaban J connectivity index is 2.32. The summed E-state index contributed by atoms with van der Waals surface area (Å²) in [5.74, 6) is 0.463.